The number of hydrogen-bond donors (Lipinski definition) is 0. The second kappa shape index (κ2) is 8.50. The van der Waals surface area contributed by atoms with Crippen LogP contribution in [0, 0.1) is 28.6 Å². The van der Waals surface area contributed by atoms with Gasteiger partial charge < -0.3 is 4.90 Å². The first-order valence-corrected chi connectivity index (χ1v) is 14.8. The minimum atomic E-state index is 0.0833. The third-order valence-corrected chi connectivity index (χ3v) is 11.2. The van der Waals surface area contributed by atoms with E-state index in [1.807, 2.05) is 0 Å². The van der Waals surface area contributed by atoms with E-state index in [9.17, 15) is 0 Å². The van der Waals surface area contributed by atoms with Gasteiger partial charge in [0, 0.05) is 22.5 Å². The number of fused-ring (bicyclic) bond motifs is 4. The Balaban J connectivity index is 1.51. The van der Waals surface area contributed by atoms with E-state index >= 15 is 0 Å². The highest BCUT2D eigenvalue weighted by molar-refractivity contribution is 5.72. The summed E-state index contributed by atoms with van der Waals surface area (Å²) >= 11 is 0. The summed E-state index contributed by atoms with van der Waals surface area (Å²) in [7, 11) is 0. The molecule has 0 N–H and O–H groups in total. The van der Waals surface area contributed by atoms with Crippen molar-refractivity contribution in [3.05, 3.63) is 76.7 Å². The molecule has 0 bridgehead atoms. The number of nitrogens with zero attached hydrogens (tertiary/aromatic N) is 1. The van der Waals surface area contributed by atoms with Gasteiger partial charge in [-0.05, 0) is 117 Å². The highest BCUT2D eigenvalue weighted by atomic mass is 15.2. The van der Waals surface area contributed by atoms with Crippen molar-refractivity contribution < 1.29 is 0 Å². The molecule has 4 aliphatic carbocycles. The van der Waals surface area contributed by atoms with Crippen molar-refractivity contribution in [2.45, 2.75) is 105 Å². The summed E-state index contributed by atoms with van der Waals surface area (Å²) in [5.41, 5.74) is 10.2. The third-order valence-electron chi connectivity index (χ3n) is 11.2. The van der Waals surface area contributed by atoms with Gasteiger partial charge in [0.15, 0.2) is 0 Å². The van der Waals surface area contributed by atoms with E-state index in [0.717, 1.165) is 18.3 Å². The minimum Gasteiger partial charge on any atom is -0.314 e. The molecule has 36 heavy (non-hydrogen) atoms. The maximum absolute atomic E-state index is 2.69. The number of anilines is 1. The Hall–Kier alpha value is -2.02. The van der Waals surface area contributed by atoms with Gasteiger partial charge in [-0.25, -0.2) is 0 Å². The summed E-state index contributed by atoms with van der Waals surface area (Å²) in [5.74, 6) is 2.42. The zero-order valence-electron chi connectivity index (χ0n) is 23.7. The summed E-state index contributed by atoms with van der Waals surface area (Å²) in [6.07, 6.45) is 21.4. The van der Waals surface area contributed by atoms with Gasteiger partial charge in [0.25, 0.3) is 0 Å². The van der Waals surface area contributed by atoms with Gasteiger partial charge in [-0.2, -0.15) is 0 Å². The van der Waals surface area contributed by atoms with E-state index in [-0.39, 0.29) is 5.41 Å². The quantitative estimate of drug-likeness (QED) is 0.361. The lowest BCUT2D eigenvalue weighted by molar-refractivity contribution is 0.0707. The van der Waals surface area contributed by atoms with E-state index < -0.39 is 0 Å². The van der Waals surface area contributed by atoms with Crippen molar-refractivity contribution in [3.8, 4) is 0 Å². The van der Waals surface area contributed by atoms with Crippen molar-refractivity contribution >= 4 is 5.69 Å². The van der Waals surface area contributed by atoms with E-state index in [2.05, 4.69) is 95.0 Å². The average molecular weight is 482 g/mol. The fourth-order valence-corrected chi connectivity index (χ4v) is 8.55. The summed E-state index contributed by atoms with van der Waals surface area (Å²) in [4.78, 5) is 2.69. The van der Waals surface area contributed by atoms with Crippen LogP contribution in [-0.4, -0.2) is 0 Å². The summed E-state index contributed by atoms with van der Waals surface area (Å²) < 4.78 is 0. The molecule has 0 spiro atoms. The van der Waals surface area contributed by atoms with Crippen molar-refractivity contribution in [1.29, 1.82) is 0 Å². The Morgan fingerprint density at radius 3 is 2.50 bits per heavy atom. The van der Waals surface area contributed by atoms with Crippen LogP contribution < -0.4 is 4.90 Å². The first kappa shape index (κ1) is 24.3. The van der Waals surface area contributed by atoms with Crippen molar-refractivity contribution in [2.24, 2.45) is 28.6 Å². The van der Waals surface area contributed by atoms with Gasteiger partial charge in [0.2, 0.25) is 0 Å². The molecular formula is C35H47N. The lowest BCUT2D eigenvalue weighted by Crippen LogP contribution is -2.46. The molecule has 1 fully saturated rings. The largest absolute Gasteiger partial charge is 0.314 e. The summed E-state index contributed by atoms with van der Waals surface area (Å²) in [5, 5.41) is 0. The zero-order chi connectivity index (χ0) is 25.3. The maximum atomic E-state index is 2.69. The maximum Gasteiger partial charge on any atom is 0.0498 e. The normalized spacial score (nSPS) is 36.3. The molecule has 192 valence electrons. The second-order valence-electron chi connectivity index (χ2n) is 14.2. The molecule has 0 aromatic heterocycles. The van der Waals surface area contributed by atoms with Crippen molar-refractivity contribution in [2.75, 3.05) is 4.90 Å². The lowest BCUT2D eigenvalue weighted by Gasteiger charge is -2.54. The smallest absolute Gasteiger partial charge is 0.0498 e. The Morgan fingerprint density at radius 1 is 0.917 bits per heavy atom. The Kier molecular flexibility index (Phi) is 5.75. The molecule has 0 saturated heterocycles. The summed E-state index contributed by atoms with van der Waals surface area (Å²) in [6.45, 7) is 15.2. The van der Waals surface area contributed by atoms with Crippen LogP contribution in [0.15, 0.2) is 71.1 Å². The number of para-hydroxylation sites is 1. The molecule has 6 rings (SSSR count). The van der Waals surface area contributed by atoms with Crippen LogP contribution in [0.25, 0.3) is 0 Å². The number of hydrogen-bond acceptors (Lipinski definition) is 1. The first-order valence-electron chi connectivity index (χ1n) is 14.8. The van der Waals surface area contributed by atoms with Crippen molar-refractivity contribution in [1.82, 2.24) is 0 Å². The average Bonchev–Trinajstić information content (AvgIpc) is 3.53. The molecule has 1 aromatic rings. The van der Waals surface area contributed by atoms with Crippen LogP contribution in [0.5, 0.6) is 0 Å². The number of rotatable bonds is 1. The molecule has 0 radical (unpaired) electrons. The Morgan fingerprint density at radius 2 is 1.72 bits per heavy atom. The monoisotopic (exact) mass is 481 g/mol. The van der Waals surface area contributed by atoms with Crippen molar-refractivity contribution in [3.63, 3.8) is 0 Å². The molecule has 1 saturated carbocycles. The third kappa shape index (κ3) is 3.79. The predicted octanol–water partition coefficient (Wildman–Crippen LogP) is 9.87. The van der Waals surface area contributed by atoms with Crippen LogP contribution in [0.4, 0.5) is 5.69 Å². The molecule has 1 aliphatic heterocycles. The van der Waals surface area contributed by atoms with Gasteiger partial charge in [0.05, 0.1) is 0 Å². The Labute approximate surface area is 220 Å². The molecule has 4 atom stereocenters. The highest BCUT2D eigenvalue weighted by Gasteiger charge is 2.60. The SMILES string of the molecule is C/C1=C/CC(C)(C)C2CC3=C(CC2C2(C)CC2CCC1)C(C)(C)c1ccccc1N3C1=CCCC=C1. The number of allylic oxidation sites excluding steroid dienone is 7. The lowest BCUT2D eigenvalue weighted by atomic mass is 9.55. The fourth-order valence-electron chi connectivity index (χ4n) is 8.55. The molecule has 1 heterocycles. The van der Waals surface area contributed by atoms with Gasteiger partial charge >= 0.3 is 0 Å². The first-order chi connectivity index (χ1) is 17.1. The van der Waals surface area contributed by atoms with Crippen LogP contribution in [0.1, 0.15) is 105 Å². The van der Waals surface area contributed by atoms with Crippen LogP contribution in [0.3, 0.4) is 0 Å². The molecule has 5 aliphatic rings. The molecule has 4 unspecified atom stereocenters. The highest BCUT2D eigenvalue weighted by Crippen LogP contribution is 2.68. The topological polar surface area (TPSA) is 3.24 Å². The number of benzene rings is 1. The molecule has 0 amide bonds. The molecule has 1 heteroatoms. The molecular weight excluding hydrogens is 434 g/mol. The van der Waals surface area contributed by atoms with Gasteiger partial charge in [0.1, 0.15) is 0 Å². The van der Waals surface area contributed by atoms with E-state index in [1.54, 1.807) is 16.8 Å². The van der Waals surface area contributed by atoms with Crippen LogP contribution >= 0.6 is 0 Å². The van der Waals surface area contributed by atoms with Crippen LogP contribution in [0.2, 0.25) is 0 Å². The van der Waals surface area contributed by atoms with E-state index in [1.165, 1.54) is 68.3 Å². The Bertz CT molecular complexity index is 1170. The molecule has 1 aromatic carbocycles. The second-order valence-corrected chi connectivity index (χ2v) is 14.2. The van der Waals surface area contributed by atoms with Gasteiger partial charge in [-0.15, -0.1) is 0 Å². The standard InChI is InChI=1S/C35H47N/c1-24-13-12-14-25-23-35(25,6)29-21-30-32(22-28(29)33(2,3)20-19-24)36(26-15-8-7-9-16-26)31-18-11-10-17-27(31)34(30,4)5/h8,10-11,15-19,25,28-29H,7,9,12-14,20-23H2,1-6H3/b24-19-. The zero-order valence-corrected chi connectivity index (χ0v) is 23.7. The van der Waals surface area contributed by atoms with Crippen LogP contribution in [-0.2, 0) is 5.41 Å². The summed E-state index contributed by atoms with van der Waals surface area (Å²) in [6, 6.07) is 9.28. The minimum absolute atomic E-state index is 0.0833. The molecule has 1 nitrogen and oxygen atoms in total. The van der Waals surface area contributed by atoms with Gasteiger partial charge in [-0.3, -0.25) is 0 Å². The van der Waals surface area contributed by atoms with E-state index in [0.29, 0.717) is 16.7 Å². The van der Waals surface area contributed by atoms with Gasteiger partial charge in [-0.1, -0.05) is 76.6 Å². The van der Waals surface area contributed by atoms with E-state index in [4.69, 9.17) is 0 Å². The predicted molar refractivity (Wildman–Crippen MR) is 154 cm³/mol. The fraction of sp³-hybridized carbons (Fsp3) is 0.600.